The Bertz CT molecular complexity index is 502. The summed E-state index contributed by atoms with van der Waals surface area (Å²) in [5, 5.41) is 18.2. The van der Waals surface area contributed by atoms with E-state index in [1.807, 2.05) is 30.3 Å². The van der Waals surface area contributed by atoms with Crippen LogP contribution in [0, 0.1) is 0 Å². The minimum Gasteiger partial charge on any atom is -0.457 e. The molecule has 0 saturated carbocycles. The molecule has 0 saturated heterocycles. The quantitative estimate of drug-likeness (QED) is 0.536. The first-order valence-electron chi connectivity index (χ1n) is 5.15. The zero-order valence-electron chi connectivity index (χ0n) is 9.08. The van der Waals surface area contributed by atoms with Gasteiger partial charge in [-0.1, -0.05) is 18.2 Å². The lowest BCUT2D eigenvalue weighted by Crippen LogP contribution is -2.32. The number of nitrogens with two attached hydrogens (primary N) is 1. The molecule has 0 aliphatic rings. The van der Waals surface area contributed by atoms with Crippen LogP contribution in [0.5, 0.6) is 11.5 Å². The van der Waals surface area contributed by atoms with Gasteiger partial charge in [-0.05, 0) is 30.3 Å². The average molecular weight is 229 g/mol. The molecule has 4 N–H and O–H groups in total. The highest BCUT2D eigenvalue weighted by Crippen LogP contribution is 2.20. The summed E-state index contributed by atoms with van der Waals surface area (Å²) in [6.45, 7) is 0. The van der Waals surface area contributed by atoms with Crippen molar-refractivity contribution < 1.29 is 14.8 Å². The molecular weight excluding hydrogens is 217 g/mol. The van der Waals surface area contributed by atoms with Crippen LogP contribution in [-0.2, 0) is 0 Å². The lowest BCUT2D eigenvalue weighted by atomic mass is 9.79. The fourth-order valence-corrected chi connectivity index (χ4v) is 1.46. The maximum absolute atomic E-state index is 9.12. The van der Waals surface area contributed by atoms with Crippen LogP contribution in [0.15, 0.2) is 48.5 Å². The highest BCUT2D eigenvalue weighted by Gasteiger charge is 2.15. The molecule has 2 aromatic carbocycles. The lowest BCUT2D eigenvalue weighted by Gasteiger charge is -2.09. The normalized spacial score (nSPS) is 10.0. The van der Waals surface area contributed by atoms with Crippen molar-refractivity contribution in [2.24, 2.45) is 0 Å². The van der Waals surface area contributed by atoms with Gasteiger partial charge in [0.15, 0.2) is 0 Å². The first-order chi connectivity index (χ1) is 8.16. The Morgan fingerprint density at radius 1 is 0.941 bits per heavy atom. The third-order valence-corrected chi connectivity index (χ3v) is 2.32. The number of ether oxygens (including phenoxy) is 1. The second kappa shape index (κ2) is 4.90. The van der Waals surface area contributed by atoms with Crippen LogP contribution in [0.4, 0.5) is 5.69 Å². The second-order valence-electron chi connectivity index (χ2n) is 3.58. The van der Waals surface area contributed by atoms with Crippen molar-refractivity contribution >= 4 is 18.3 Å². The number of rotatable bonds is 3. The summed E-state index contributed by atoms with van der Waals surface area (Å²) in [5.74, 6) is 1.18. The van der Waals surface area contributed by atoms with E-state index in [-0.39, 0.29) is 5.46 Å². The first-order valence-corrected chi connectivity index (χ1v) is 5.15. The highest BCUT2D eigenvalue weighted by molar-refractivity contribution is 6.60. The van der Waals surface area contributed by atoms with E-state index in [1.165, 1.54) is 6.07 Å². The maximum Gasteiger partial charge on any atom is 0.490 e. The monoisotopic (exact) mass is 229 g/mol. The van der Waals surface area contributed by atoms with Crippen LogP contribution in [0.1, 0.15) is 0 Å². The minimum absolute atomic E-state index is 0.235. The topological polar surface area (TPSA) is 75.7 Å². The standard InChI is InChI=1S/C12H12BNO3/c14-12-7-6-10(8-11(12)13(15)16)17-9-4-2-1-3-5-9/h1-8,15-16H,14H2. The summed E-state index contributed by atoms with van der Waals surface area (Å²) in [4.78, 5) is 0. The van der Waals surface area contributed by atoms with Gasteiger partial charge in [0.25, 0.3) is 0 Å². The maximum atomic E-state index is 9.12. The molecule has 0 amide bonds. The Morgan fingerprint density at radius 2 is 1.65 bits per heavy atom. The smallest absolute Gasteiger partial charge is 0.457 e. The molecule has 4 nitrogen and oxygen atoms in total. The number of benzene rings is 2. The number of nitrogen functional groups attached to an aromatic ring is 1. The van der Waals surface area contributed by atoms with Gasteiger partial charge in [0.1, 0.15) is 11.5 Å². The third kappa shape index (κ3) is 2.78. The molecule has 0 heterocycles. The van der Waals surface area contributed by atoms with Crippen LogP contribution >= 0.6 is 0 Å². The van der Waals surface area contributed by atoms with Crippen LogP contribution in [0.2, 0.25) is 0 Å². The van der Waals surface area contributed by atoms with Crippen LogP contribution < -0.4 is 15.9 Å². The molecule has 0 aliphatic heterocycles. The van der Waals surface area contributed by atoms with Crippen molar-refractivity contribution in [3.63, 3.8) is 0 Å². The summed E-state index contributed by atoms with van der Waals surface area (Å²) in [7, 11) is -1.60. The van der Waals surface area contributed by atoms with Gasteiger partial charge in [0.05, 0.1) is 0 Å². The van der Waals surface area contributed by atoms with E-state index >= 15 is 0 Å². The molecule has 2 rings (SSSR count). The van der Waals surface area contributed by atoms with Crippen LogP contribution in [0.25, 0.3) is 0 Å². The van der Waals surface area contributed by atoms with Crippen molar-refractivity contribution in [3.8, 4) is 11.5 Å². The van der Waals surface area contributed by atoms with Gasteiger partial charge in [-0.3, -0.25) is 0 Å². The van der Waals surface area contributed by atoms with E-state index in [4.69, 9.17) is 20.5 Å². The van der Waals surface area contributed by atoms with Gasteiger partial charge in [-0.15, -0.1) is 0 Å². The predicted octanol–water partition coefficient (Wildman–Crippen LogP) is 0.741. The molecule has 2 aromatic rings. The Kier molecular flexibility index (Phi) is 3.32. The highest BCUT2D eigenvalue weighted by atomic mass is 16.5. The lowest BCUT2D eigenvalue weighted by molar-refractivity contribution is 0.425. The van der Waals surface area contributed by atoms with Crippen molar-refractivity contribution in [3.05, 3.63) is 48.5 Å². The third-order valence-electron chi connectivity index (χ3n) is 2.32. The van der Waals surface area contributed by atoms with E-state index < -0.39 is 7.12 Å². The Hall–Kier alpha value is -1.98. The molecule has 0 unspecified atom stereocenters. The van der Waals surface area contributed by atoms with Gasteiger partial charge >= 0.3 is 7.12 Å². The number of hydrogen-bond acceptors (Lipinski definition) is 4. The fraction of sp³-hybridized carbons (Fsp3) is 0. The van der Waals surface area contributed by atoms with E-state index in [0.717, 1.165) is 0 Å². The van der Waals surface area contributed by atoms with E-state index in [2.05, 4.69) is 0 Å². The summed E-state index contributed by atoms with van der Waals surface area (Å²) < 4.78 is 5.55. The number of para-hydroxylation sites is 1. The summed E-state index contributed by atoms with van der Waals surface area (Å²) in [6.07, 6.45) is 0. The number of hydrogen-bond donors (Lipinski definition) is 3. The molecule has 0 bridgehead atoms. The van der Waals surface area contributed by atoms with E-state index in [9.17, 15) is 0 Å². The zero-order chi connectivity index (χ0) is 12.3. The predicted molar refractivity (Wildman–Crippen MR) is 67.2 cm³/mol. The number of anilines is 1. The molecule has 0 radical (unpaired) electrons. The van der Waals surface area contributed by atoms with Crippen LogP contribution in [-0.4, -0.2) is 17.2 Å². The van der Waals surface area contributed by atoms with Crippen molar-refractivity contribution in [1.82, 2.24) is 0 Å². The van der Waals surface area contributed by atoms with E-state index in [1.54, 1.807) is 12.1 Å². The largest absolute Gasteiger partial charge is 0.490 e. The molecule has 0 atom stereocenters. The molecule has 0 aliphatic carbocycles. The summed E-state index contributed by atoms with van der Waals surface area (Å²) >= 11 is 0. The van der Waals surface area contributed by atoms with Gasteiger partial charge in [-0.25, -0.2) is 0 Å². The summed E-state index contributed by atoms with van der Waals surface area (Å²) in [5.41, 5.74) is 6.16. The second-order valence-corrected chi connectivity index (χ2v) is 3.58. The van der Waals surface area contributed by atoms with Gasteiger partial charge < -0.3 is 20.5 Å². The Balaban J connectivity index is 2.26. The molecule has 86 valence electrons. The van der Waals surface area contributed by atoms with Crippen molar-refractivity contribution in [2.45, 2.75) is 0 Å². The Morgan fingerprint density at radius 3 is 2.29 bits per heavy atom. The zero-order valence-corrected chi connectivity index (χ0v) is 9.08. The molecule has 0 fully saturated rings. The van der Waals surface area contributed by atoms with Gasteiger partial charge in [0.2, 0.25) is 0 Å². The molecule has 5 heteroatoms. The first kappa shape index (κ1) is 11.5. The Labute approximate surface area is 99.4 Å². The molecule has 0 spiro atoms. The average Bonchev–Trinajstić information content (AvgIpc) is 2.32. The van der Waals surface area contributed by atoms with Crippen molar-refractivity contribution in [1.29, 1.82) is 0 Å². The van der Waals surface area contributed by atoms with Gasteiger partial charge in [-0.2, -0.15) is 0 Å². The molecule has 0 aromatic heterocycles. The van der Waals surface area contributed by atoms with E-state index in [0.29, 0.717) is 17.2 Å². The minimum atomic E-state index is -1.60. The molecular formula is C12H12BNO3. The van der Waals surface area contributed by atoms with Crippen molar-refractivity contribution in [2.75, 3.05) is 5.73 Å². The fourth-order valence-electron chi connectivity index (χ4n) is 1.46. The molecule has 17 heavy (non-hydrogen) atoms. The summed E-state index contributed by atoms with van der Waals surface area (Å²) in [6, 6.07) is 14.0. The van der Waals surface area contributed by atoms with Gasteiger partial charge in [0, 0.05) is 11.2 Å². The SMILES string of the molecule is Nc1ccc(Oc2ccccc2)cc1B(O)O. The van der Waals surface area contributed by atoms with Crippen LogP contribution in [0.3, 0.4) is 0 Å².